The van der Waals surface area contributed by atoms with Crippen LogP contribution in [0, 0.1) is 17.8 Å². The lowest BCUT2D eigenvalue weighted by atomic mass is 9.85. The predicted octanol–water partition coefficient (Wildman–Crippen LogP) is 6.03. The zero-order chi connectivity index (χ0) is 62.8. The number of aromatic nitrogens is 1. The molecule has 0 aliphatic carbocycles. The number of hydrogen-bond acceptors (Lipinski definition) is 13. The number of alkyl halides is 2. The lowest BCUT2D eigenvalue weighted by Gasteiger charge is -2.45. The van der Waals surface area contributed by atoms with E-state index in [2.05, 4.69) is 26.3 Å². The third-order valence-electron chi connectivity index (χ3n) is 16.0. The van der Waals surface area contributed by atoms with E-state index in [9.17, 15) is 66.6 Å². The Bertz CT molecular complexity index is 3420. The number of thiophene rings is 1. The molecule has 8 amide bonds. The highest BCUT2D eigenvalue weighted by atomic mass is 32.1. The Hall–Kier alpha value is -7.02. The number of piperidine rings is 1. The van der Waals surface area contributed by atoms with Gasteiger partial charge < -0.3 is 55.8 Å². The largest absolute Gasteiger partial charge is 0.399 e. The summed E-state index contributed by atoms with van der Waals surface area (Å²) in [4.78, 5) is 143. The lowest BCUT2D eigenvalue weighted by Crippen LogP contribution is -2.66. The molecular formula is C60H74F2N9O12PS2. The number of nitrogens with zero attached hydrogens (tertiary/aromatic N) is 5. The summed E-state index contributed by atoms with van der Waals surface area (Å²) in [5, 5.41) is 21.8. The van der Waals surface area contributed by atoms with Crippen molar-refractivity contribution in [2.24, 2.45) is 10.8 Å². The zero-order valence-electron chi connectivity index (χ0n) is 49.2. The fourth-order valence-electron chi connectivity index (χ4n) is 11.1. The van der Waals surface area contributed by atoms with E-state index >= 15 is 0 Å². The van der Waals surface area contributed by atoms with Crippen LogP contribution < -0.4 is 21.3 Å². The van der Waals surface area contributed by atoms with Crippen LogP contribution in [0.4, 0.5) is 8.78 Å². The number of thiazole rings is 1. The van der Waals surface area contributed by atoms with Crippen LogP contribution in [0.15, 0.2) is 84.4 Å². The highest BCUT2D eigenvalue weighted by Crippen LogP contribution is 2.59. The van der Waals surface area contributed by atoms with Gasteiger partial charge in [0, 0.05) is 55.3 Å². The van der Waals surface area contributed by atoms with Crippen molar-refractivity contribution in [2.75, 3.05) is 45.8 Å². The summed E-state index contributed by atoms with van der Waals surface area (Å²) in [7, 11) is -5.89. The van der Waals surface area contributed by atoms with Crippen molar-refractivity contribution in [3.63, 3.8) is 0 Å². The molecule has 0 saturated carbocycles. The maximum Gasteiger partial charge on any atom is 0.399 e. The smallest absolute Gasteiger partial charge is 0.391 e. The number of aliphatic hydroxyl groups excluding tert-OH is 1. The van der Waals surface area contributed by atoms with E-state index in [1.54, 1.807) is 52.0 Å². The van der Waals surface area contributed by atoms with Crippen molar-refractivity contribution in [1.82, 2.24) is 45.9 Å². The van der Waals surface area contributed by atoms with E-state index in [4.69, 9.17) is 0 Å². The molecule has 86 heavy (non-hydrogen) atoms. The second-order valence-electron chi connectivity index (χ2n) is 24.5. The second kappa shape index (κ2) is 26.1. The number of aliphatic hydroxyl groups is 1. The van der Waals surface area contributed by atoms with Crippen LogP contribution in [0.1, 0.15) is 118 Å². The summed E-state index contributed by atoms with van der Waals surface area (Å²) >= 11 is 2.43. The van der Waals surface area contributed by atoms with Gasteiger partial charge in [-0.25, -0.2) is 4.98 Å². The maximum atomic E-state index is 15.0. The first-order valence-electron chi connectivity index (χ1n) is 28.4. The van der Waals surface area contributed by atoms with Crippen LogP contribution in [-0.2, 0) is 43.8 Å². The number of halogens is 2. The third-order valence-corrected chi connectivity index (χ3v) is 19.0. The molecule has 3 saturated heterocycles. The topological polar surface area (TPSA) is 288 Å². The molecule has 7 N–H and O–H groups in total. The number of carbonyl (C=O) groups excluding carboxylic acids is 8. The Balaban J connectivity index is 0.919. The summed E-state index contributed by atoms with van der Waals surface area (Å²) in [6.07, 6.45) is -0.369. The summed E-state index contributed by atoms with van der Waals surface area (Å²) in [6, 6.07) is 16.3. The molecule has 0 spiro atoms. The number of piperazine rings is 1. The fraction of sp³-hybridized carbons (Fsp3) is 0.483. The molecule has 0 unspecified atom stereocenters. The van der Waals surface area contributed by atoms with Crippen LogP contribution in [0.5, 0.6) is 0 Å². The molecule has 462 valence electrons. The highest BCUT2D eigenvalue weighted by Gasteiger charge is 2.51. The monoisotopic (exact) mass is 1250 g/mol. The molecule has 0 radical (unpaired) electrons. The Labute approximate surface area is 505 Å². The predicted molar refractivity (Wildman–Crippen MR) is 320 cm³/mol. The third kappa shape index (κ3) is 14.9. The van der Waals surface area contributed by atoms with Gasteiger partial charge in [0.05, 0.1) is 46.2 Å². The van der Waals surface area contributed by atoms with Crippen molar-refractivity contribution in [3.05, 3.63) is 112 Å². The number of aryl methyl sites for hydroxylation is 1. The van der Waals surface area contributed by atoms with E-state index < -0.39 is 126 Å². The molecule has 21 nitrogen and oxygen atoms in total. The number of amides is 8. The van der Waals surface area contributed by atoms with E-state index in [1.807, 2.05) is 68.4 Å². The molecule has 26 heteroatoms. The van der Waals surface area contributed by atoms with Gasteiger partial charge >= 0.3 is 13.3 Å². The van der Waals surface area contributed by atoms with Gasteiger partial charge in [0.1, 0.15) is 30.6 Å². The average molecular weight is 1250 g/mol. The number of nitrogens with one attached hydrogen (secondary N) is 4. The van der Waals surface area contributed by atoms with Crippen molar-refractivity contribution in [2.45, 2.75) is 129 Å². The van der Waals surface area contributed by atoms with Crippen molar-refractivity contribution in [1.29, 1.82) is 0 Å². The molecular weight excluding hydrogens is 1170 g/mol. The fourth-order valence-corrected chi connectivity index (χ4v) is 13.3. The molecule has 2 aromatic heterocycles. The van der Waals surface area contributed by atoms with Crippen molar-refractivity contribution in [3.8, 4) is 10.4 Å². The number of likely N-dealkylation sites (tertiary alicyclic amines) is 2. The Morgan fingerprint density at radius 2 is 1.43 bits per heavy atom. The zero-order valence-corrected chi connectivity index (χ0v) is 51.7. The summed E-state index contributed by atoms with van der Waals surface area (Å²) < 4.78 is 41.3. The molecule has 8 rings (SSSR count). The number of β-amino-alcohol motifs (C(OH)–C–C–N with tert-alkyl or cyclic N) is 1. The van der Waals surface area contributed by atoms with Gasteiger partial charge in [0.15, 0.2) is 0 Å². The molecule has 3 aromatic carbocycles. The highest BCUT2D eigenvalue weighted by molar-refractivity contribution is 7.52. The first kappa shape index (κ1) is 65.0. The van der Waals surface area contributed by atoms with E-state index in [-0.39, 0.29) is 48.8 Å². The Morgan fingerprint density at radius 1 is 0.767 bits per heavy atom. The Morgan fingerprint density at radius 3 is 2.07 bits per heavy atom. The first-order chi connectivity index (χ1) is 40.3. The number of benzene rings is 3. The average Bonchev–Trinajstić information content (AvgIpc) is 1.61. The first-order valence-corrected chi connectivity index (χ1v) is 31.7. The van der Waals surface area contributed by atoms with Crippen LogP contribution in [-0.4, -0.2) is 163 Å². The van der Waals surface area contributed by atoms with E-state index in [1.165, 1.54) is 38.2 Å². The lowest BCUT2D eigenvalue weighted by molar-refractivity contribution is -0.155. The minimum atomic E-state index is -5.89. The molecule has 0 bridgehead atoms. The number of fused-ring (bicyclic) bond motifs is 1. The van der Waals surface area contributed by atoms with Gasteiger partial charge in [-0.1, -0.05) is 102 Å². The minimum Gasteiger partial charge on any atom is -0.391 e. The van der Waals surface area contributed by atoms with E-state index in [0.717, 1.165) is 57.2 Å². The van der Waals surface area contributed by atoms with Crippen LogP contribution in [0.2, 0.25) is 0 Å². The van der Waals surface area contributed by atoms with Gasteiger partial charge in [-0.05, 0) is 77.8 Å². The molecule has 3 fully saturated rings. The quantitative estimate of drug-likeness (QED) is 0.0414. The van der Waals surface area contributed by atoms with Crippen molar-refractivity contribution < 1.29 is 66.6 Å². The normalized spacial score (nSPS) is 19.8. The number of hydrogen-bond donors (Lipinski definition) is 7. The van der Waals surface area contributed by atoms with Gasteiger partial charge in [-0.15, -0.1) is 22.7 Å². The van der Waals surface area contributed by atoms with Crippen LogP contribution in [0.3, 0.4) is 0 Å². The minimum absolute atomic E-state index is 0.00464. The van der Waals surface area contributed by atoms with Gasteiger partial charge in [-0.2, -0.15) is 8.78 Å². The van der Waals surface area contributed by atoms with Crippen LogP contribution in [0.25, 0.3) is 20.5 Å². The molecule has 7 atom stereocenters. The number of carbonyl (C=O) groups is 8. The summed E-state index contributed by atoms with van der Waals surface area (Å²) in [5.74, 6) is -5.33. The number of rotatable bonds is 17. The maximum absolute atomic E-state index is 15.0. The van der Waals surface area contributed by atoms with Gasteiger partial charge in [0.25, 0.3) is 5.91 Å². The molecule has 5 heterocycles. The van der Waals surface area contributed by atoms with Gasteiger partial charge in [0.2, 0.25) is 41.4 Å². The summed E-state index contributed by atoms with van der Waals surface area (Å²) in [5.41, 5.74) is -1.85. The Kier molecular flexibility index (Phi) is 19.7. The molecule has 3 aliphatic rings. The molecule has 5 aromatic rings. The SMILES string of the molecule is Cc1ncsc1-c1ccc([C@H](C)NC(=O)[C@@H]2C[C@@H](O)CN2C(=O)[C@@H](NC(=O)CNC(=O)CC(=O)N2CCN(C(=O)[C@@H](NC(=O)c3cc4cc(C(F)(F)P(=O)(O)O)ccc4s3)C(C)(C)C)[C@H](C(=O)N3CCC[C@H](c4ccccc4)C3)C2)C(C)(C)C)cc1. The van der Waals surface area contributed by atoms with Crippen molar-refractivity contribution >= 4 is 87.6 Å². The van der Waals surface area contributed by atoms with Gasteiger partial charge in [-0.3, -0.25) is 42.9 Å². The van der Waals surface area contributed by atoms with Crippen LogP contribution >= 0.6 is 30.3 Å². The summed E-state index contributed by atoms with van der Waals surface area (Å²) in [6.45, 7) is 13.2. The second-order valence-corrected chi connectivity index (χ2v) is 28.1. The molecule has 3 aliphatic heterocycles. The van der Waals surface area contributed by atoms with E-state index in [0.29, 0.717) is 24.2 Å². The standard InChI is InChI=1S/C60H74F2N9O12PS2/c1-34(36-16-18-38(19-17-36)50-35(2)64-33-85-50)65-53(76)43-27-42(72)31-71(43)57(80)51(58(3,4)5)66-48(74)29-63-47(73)28-49(75)68-23-24-70(44(32-68)55(78)69-22-12-15-39(30-69)37-13-10-9-11-14-37)56(79)52(59(6,7)8)67-54(77)46-26-40-25-41(20-21-45(40)86-46)60(61,62)84(81,82)83/h9-11,13-14,16-21,25-26,33-34,39,42-44,51-52,72H,12,15,22-24,27-32H2,1-8H3,(H,63,73)(H,65,76)(H,66,74)(H,67,77)(H2,81,82,83)/t34-,39-,42+,43-,44-,51+,52+/m0/s1.